The van der Waals surface area contributed by atoms with Gasteiger partial charge in [0.25, 0.3) is 0 Å². The SMILES string of the molecule is COC(=N)CC1COc2cc(OC3CCc4c3cccc4C3OCCCC3(C)C)ccc21. The maximum absolute atomic E-state index is 7.81. The van der Waals surface area contributed by atoms with E-state index in [0.29, 0.717) is 13.0 Å². The second-order valence-electron chi connectivity index (χ2n) is 9.94. The van der Waals surface area contributed by atoms with E-state index in [1.807, 2.05) is 12.1 Å². The summed E-state index contributed by atoms with van der Waals surface area (Å²) in [5.41, 5.74) is 5.33. The van der Waals surface area contributed by atoms with Gasteiger partial charge in [0.2, 0.25) is 0 Å². The highest BCUT2D eigenvalue weighted by atomic mass is 16.5. The van der Waals surface area contributed by atoms with E-state index in [1.54, 1.807) is 7.11 Å². The van der Waals surface area contributed by atoms with Crippen molar-refractivity contribution in [1.82, 2.24) is 0 Å². The third-order valence-corrected chi connectivity index (χ3v) is 7.32. The summed E-state index contributed by atoms with van der Waals surface area (Å²) in [6.07, 6.45) is 5.09. The number of methoxy groups -OCH3 is 1. The molecule has 3 unspecified atom stereocenters. The van der Waals surface area contributed by atoms with Gasteiger partial charge in [-0.2, -0.15) is 0 Å². The van der Waals surface area contributed by atoms with Crippen LogP contribution in [0.3, 0.4) is 0 Å². The van der Waals surface area contributed by atoms with E-state index in [4.69, 9.17) is 24.4 Å². The predicted molar refractivity (Wildman–Crippen MR) is 124 cm³/mol. The fourth-order valence-electron chi connectivity index (χ4n) is 5.58. The Morgan fingerprint density at radius 3 is 2.81 bits per heavy atom. The lowest BCUT2D eigenvalue weighted by atomic mass is 9.76. The maximum atomic E-state index is 7.81. The van der Waals surface area contributed by atoms with Crippen LogP contribution >= 0.6 is 0 Å². The Bertz CT molecular complexity index is 1010. The van der Waals surface area contributed by atoms with Crippen LogP contribution in [0.4, 0.5) is 0 Å². The van der Waals surface area contributed by atoms with Crippen LogP contribution in [-0.2, 0) is 15.9 Å². The van der Waals surface area contributed by atoms with Gasteiger partial charge in [-0.05, 0) is 53.9 Å². The second kappa shape index (κ2) is 8.43. The third kappa shape index (κ3) is 3.88. The highest BCUT2D eigenvalue weighted by Crippen LogP contribution is 2.48. The van der Waals surface area contributed by atoms with Gasteiger partial charge in [-0.3, -0.25) is 5.41 Å². The smallest absolute Gasteiger partial charge is 0.180 e. The molecule has 1 aliphatic carbocycles. The van der Waals surface area contributed by atoms with Crippen LogP contribution in [0.1, 0.15) is 79.9 Å². The van der Waals surface area contributed by atoms with Crippen molar-refractivity contribution in [1.29, 1.82) is 5.41 Å². The molecule has 1 N–H and O–H groups in total. The number of nitrogens with one attached hydrogen (secondary N) is 1. The van der Waals surface area contributed by atoms with Gasteiger partial charge in [0.1, 0.15) is 17.6 Å². The lowest BCUT2D eigenvalue weighted by Gasteiger charge is -2.39. The summed E-state index contributed by atoms with van der Waals surface area (Å²) >= 11 is 0. The predicted octanol–water partition coefficient (Wildman–Crippen LogP) is 6.12. The fourth-order valence-corrected chi connectivity index (χ4v) is 5.58. The fraction of sp³-hybridized carbons (Fsp3) is 0.519. The molecule has 5 rings (SSSR count). The molecule has 1 saturated heterocycles. The molecule has 0 spiro atoms. The van der Waals surface area contributed by atoms with Crippen LogP contribution in [0.25, 0.3) is 0 Å². The molecule has 2 aromatic carbocycles. The van der Waals surface area contributed by atoms with E-state index in [0.717, 1.165) is 42.9 Å². The summed E-state index contributed by atoms with van der Waals surface area (Å²) in [5.74, 6) is 2.15. The van der Waals surface area contributed by atoms with Gasteiger partial charge in [-0.15, -0.1) is 0 Å². The topological polar surface area (TPSA) is 60.8 Å². The molecule has 0 amide bonds. The van der Waals surface area contributed by atoms with Gasteiger partial charge in [0, 0.05) is 30.6 Å². The van der Waals surface area contributed by atoms with E-state index in [2.05, 4.69) is 38.1 Å². The van der Waals surface area contributed by atoms with E-state index in [9.17, 15) is 0 Å². The minimum atomic E-state index is 0.0496. The molecular formula is C27H33NO4. The van der Waals surface area contributed by atoms with Crippen molar-refractivity contribution in [2.24, 2.45) is 5.41 Å². The van der Waals surface area contributed by atoms with Crippen molar-refractivity contribution < 1.29 is 18.9 Å². The molecule has 0 radical (unpaired) electrons. The number of hydrogen-bond acceptors (Lipinski definition) is 5. The first-order valence-electron chi connectivity index (χ1n) is 11.7. The monoisotopic (exact) mass is 435 g/mol. The molecule has 0 aromatic heterocycles. The van der Waals surface area contributed by atoms with Gasteiger partial charge >= 0.3 is 0 Å². The molecule has 2 aromatic rings. The first-order valence-corrected chi connectivity index (χ1v) is 11.7. The molecule has 32 heavy (non-hydrogen) atoms. The average Bonchev–Trinajstić information content (AvgIpc) is 3.37. The zero-order chi connectivity index (χ0) is 22.3. The lowest BCUT2D eigenvalue weighted by Crippen LogP contribution is -2.30. The summed E-state index contributed by atoms with van der Waals surface area (Å²) < 4.78 is 23.7. The Balaban J connectivity index is 1.35. The van der Waals surface area contributed by atoms with Gasteiger partial charge in [0.15, 0.2) is 5.90 Å². The minimum absolute atomic E-state index is 0.0496. The first-order chi connectivity index (χ1) is 15.5. The average molecular weight is 436 g/mol. The van der Waals surface area contributed by atoms with Gasteiger partial charge in [-0.1, -0.05) is 38.1 Å². The van der Waals surface area contributed by atoms with Crippen molar-refractivity contribution in [3.05, 3.63) is 58.7 Å². The molecule has 2 heterocycles. The second-order valence-corrected chi connectivity index (χ2v) is 9.94. The van der Waals surface area contributed by atoms with Gasteiger partial charge in [-0.25, -0.2) is 0 Å². The molecule has 0 bridgehead atoms. The molecule has 170 valence electrons. The summed E-state index contributed by atoms with van der Waals surface area (Å²) in [4.78, 5) is 0. The van der Waals surface area contributed by atoms with Crippen molar-refractivity contribution in [2.75, 3.05) is 20.3 Å². The molecule has 2 aliphatic heterocycles. The summed E-state index contributed by atoms with van der Waals surface area (Å²) in [6, 6.07) is 12.7. The first kappa shape index (κ1) is 21.3. The van der Waals surface area contributed by atoms with E-state index >= 15 is 0 Å². The van der Waals surface area contributed by atoms with Crippen molar-refractivity contribution in [2.45, 2.75) is 64.1 Å². The van der Waals surface area contributed by atoms with Crippen LogP contribution in [0.5, 0.6) is 11.5 Å². The van der Waals surface area contributed by atoms with Gasteiger partial charge < -0.3 is 18.9 Å². The zero-order valence-corrected chi connectivity index (χ0v) is 19.3. The molecule has 3 aliphatic rings. The summed E-state index contributed by atoms with van der Waals surface area (Å²) in [6.45, 7) is 6.07. The van der Waals surface area contributed by atoms with Crippen LogP contribution in [0.2, 0.25) is 0 Å². The Morgan fingerprint density at radius 2 is 2.00 bits per heavy atom. The minimum Gasteiger partial charge on any atom is -0.492 e. The highest BCUT2D eigenvalue weighted by molar-refractivity contribution is 5.74. The Morgan fingerprint density at radius 1 is 1.16 bits per heavy atom. The standard InChI is InChI=1S/C27H33NO4/c1-27(2)12-5-13-30-26(27)22-7-4-6-21-20(22)10-11-23(21)32-18-8-9-19-17(14-25(28)29-3)16-31-24(19)15-18/h4,6-9,15,17,23,26,28H,5,10-14,16H2,1-3H3. The van der Waals surface area contributed by atoms with Crippen LogP contribution in [-0.4, -0.2) is 26.2 Å². The van der Waals surface area contributed by atoms with E-state index in [1.165, 1.54) is 23.1 Å². The molecule has 3 atom stereocenters. The molecule has 5 heteroatoms. The molecular weight excluding hydrogens is 402 g/mol. The van der Waals surface area contributed by atoms with Crippen molar-refractivity contribution in [3.8, 4) is 11.5 Å². The summed E-state index contributed by atoms with van der Waals surface area (Å²) in [5, 5.41) is 7.81. The molecule has 5 nitrogen and oxygen atoms in total. The highest BCUT2D eigenvalue weighted by Gasteiger charge is 2.38. The maximum Gasteiger partial charge on any atom is 0.180 e. The quantitative estimate of drug-likeness (QED) is 0.454. The number of fused-ring (bicyclic) bond motifs is 2. The largest absolute Gasteiger partial charge is 0.492 e. The Hall–Kier alpha value is -2.53. The Labute approximate surface area is 190 Å². The van der Waals surface area contributed by atoms with Crippen LogP contribution < -0.4 is 9.47 Å². The van der Waals surface area contributed by atoms with E-state index in [-0.39, 0.29) is 29.4 Å². The number of hydrogen-bond donors (Lipinski definition) is 1. The third-order valence-electron chi connectivity index (χ3n) is 7.32. The van der Waals surface area contributed by atoms with Crippen LogP contribution in [0, 0.1) is 10.8 Å². The zero-order valence-electron chi connectivity index (χ0n) is 19.3. The lowest BCUT2D eigenvalue weighted by molar-refractivity contribution is -0.0704. The van der Waals surface area contributed by atoms with Crippen molar-refractivity contribution >= 4 is 5.90 Å². The van der Waals surface area contributed by atoms with Gasteiger partial charge in [0.05, 0.1) is 19.8 Å². The Kier molecular flexibility index (Phi) is 5.62. The molecule has 0 saturated carbocycles. The number of rotatable bonds is 5. The summed E-state index contributed by atoms with van der Waals surface area (Å²) in [7, 11) is 1.54. The van der Waals surface area contributed by atoms with E-state index < -0.39 is 0 Å². The van der Waals surface area contributed by atoms with Crippen LogP contribution in [0.15, 0.2) is 36.4 Å². The molecule has 1 fully saturated rings. The normalized spacial score (nSPS) is 25.5. The van der Waals surface area contributed by atoms with Crippen molar-refractivity contribution in [3.63, 3.8) is 0 Å². The number of benzene rings is 2. The number of ether oxygens (including phenoxy) is 4.